The minimum atomic E-state index is 0.530. The Morgan fingerprint density at radius 1 is 1.23 bits per heavy atom. The van der Waals surface area contributed by atoms with Gasteiger partial charge in [-0.2, -0.15) is 0 Å². The minimum Gasteiger partial charge on any atom is -0.426 e. The molecule has 1 aromatic rings. The molecule has 0 bridgehead atoms. The summed E-state index contributed by atoms with van der Waals surface area (Å²) in [5.74, 6) is 3.99. The third-order valence-corrected chi connectivity index (χ3v) is 4.83. The Morgan fingerprint density at radius 2 is 1.95 bits per heavy atom. The lowest BCUT2D eigenvalue weighted by Gasteiger charge is -2.37. The van der Waals surface area contributed by atoms with Crippen molar-refractivity contribution in [1.82, 2.24) is 15.5 Å². The molecule has 0 radical (unpaired) electrons. The number of aromatic nitrogens is 2. The predicted molar refractivity (Wildman–Crippen MR) is 89.6 cm³/mol. The zero-order valence-corrected chi connectivity index (χ0v) is 14.9. The summed E-state index contributed by atoms with van der Waals surface area (Å²) in [5, 5.41) is 11.7. The highest BCUT2D eigenvalue weighted by atomic mass is 16.4. The first-order valence-corrected chi connectivity index (χ1v) is 8.57. The van der Waals surface area contributed by atoms with Gasteiger partial charge in [0, 0.05) is 25.9 Å². The molecule has 0 amide bonds. The molecule has 1 aliphatic carbocycles. The lowest BCUT2D eigenvalue weighted by atomic mass is 9.70. The van der Waals surface area contributed by atoms with Gasteiger partial charge in [-0.25, -0.2) is 0 Å². The van der Waals surface area contributed by atoms with E-state index in [1.165, 1.54) is 12.0 Å². The summed E-state index contributed by atoms with van der Waals surface area (Å²) in [7, 11) is 0. The number of rotatable bonds is 6. The van der Waals surface area contributed by atoms with Crippen molar-refractivity contribution < 1.29 is 4.42 Å². The van der Waals surface area contributed by atoms with Gasteiger partial charge in [0.25, 0.3) is 0 Å². The highest BCUT2D eigenvalue weighted by molar-refractivity contribution is 5.14. The average molecular weight is 305 g/mol. The van der Waals surface area contributed by atoms with E-state index >= 15 is 0 Å². The maximum Gasteiger partial charge on any atom is 0.217 e. The van der Waals surface area contributed by atoms with Gasteiger partial charge in [-0.15, -0.1) is 10.2 Å². The number of nitrogens with one attached hydrogen (secondary N) is 1. The quantitative estimate of drug-likeness (QED) is 0.813. The summed E-state index contributed by atoms with van der Waals surface area (Å²) in [5.41, 5.74) is 1.48. The molecule has 0 aliphatic heterocycles. The van der Waals surface area contributed by atoms with Crippen molar-refractivity contribution in [2.24, 2.45) is 23.7 Å². The molecule has 0 aromatic carbocycles. The van der Waals surface area contributed by atoms with E-state index in [-0.39, 0.29) is 0 Å². The van der Waals surface area contributed by atoms with Gasteiger partial charge < -0.3 is 9.73 Å². The van der Waals surface area contributed by atoms with E-state index in [0.717, 1.165) is 18.9 Å². The SMILES string of the molecule is CC1=CC(CNC(C)C)C(C(C)C)CC1Cc1nnc(C)o1. The molecular formula is C18H31N3O. The molecular weight excluding hydrogens is 274 g/mol. The van der Waals surface area contributed by atoms with Crippen LogP contribution in [0.15, 0.2) is 16.1 Å². The number of hydrogen-bond acceptors (Lipinski definition) is 4. The molecule has 1 N–H and O–H groups in total. The smallest absolute Gasteiger partial charge is 0.217 e. The van der Waals surface area contributed by atoms with Gasteiger partial charge in [0.1, 0.15) is 0 Å². The molecule has 0 saturated carbocycles. The van der Waals surface area contributed by atoms with Crippen LogP contribution in [-0.4, -0.2) is 22.8 Å². The lowest BCUT2D eigenvalue weighted by molar-refractivity contribution is 0.215. The standard InChI is InChI=1S/C18H31N3O/c1-11(2)17-8-15(9-18-21-20-14(6)22-18)13(5)7-16(17)10-19-12(3)4/h7,11-12,15-17,19H,8-10H2,1-6H3. The molecule has 3 atom stereocenters. The van der Waals surface area contributed by atoms with E-state index in [9.17, 15) is 0 Å². The number of allylic oxidation sites excluding steroid dienone is 1. The van der Waals surface area contributed by atoms with E-state index in [0.29, 0.717) is 35.6 Å². The summed E-state index contributed by atoms with van der Waals surface area (Å²) < 4.78 is 5.57. The maximum atomic E-state index is 5.57. The highest BCUT2D eigenvalue weighted by Crippen LogP contribution is 2.38. The van der Waals surface area contributed by atoms with Crippen LogP contribution in [0.4, 0.5) is 0 Å². The normalized spacial score (nSPS) is 25.8. The zero-order valence-electron chi connectivity index (χ0n) is 14.9. The Morgan fingerprint density at radius 3 is 2.50 bits per heavy atom. The molecule has 124 valence electrons. The number of nitrogens with zero attached hydrogens (tertiary/aromatic N) is 2. The van der Waals surface area contributed by atoms with Crippen molar-refractivity contribution in [3.05, 3.63) is 23.4 Å². The topological polar surface area (TPSA) is 51.0 Å². The highest BCUT2D eigenvalue weighted by Gasteiger charge is 2.32. The van der Waals surface area contributed by atoms with Crippen LogP contribution < -0.4 is 5.32 Å². The van der Waals surface area contributed by atoms with Crippen molar-refractivity contribution >= 4 is 0 Å². The third kappa shape index (κ3) is 4.42. The van der Waals surface area contributed by atoms with E-state index in [2.05, 4.69) is 56.2 Å². The molecule has 1 heterocycles. The van der Waals surface area contributed by atoms with Gasteiger partial charge >= 0.3 is 0 Å². The Hall–Kier alpha value is -1.16. The third-order valence-electron chi connectivity index (χ3n) is 4.83. The van der Waals surface area contributed by atoms with Gasteiger partial charge in [0.05, 0.1) is 0 Å². The molecule has 2 rings (SSSR count). The van der Waals surface area contributed by atoms with Crippen LogP contribution in [0.2, 0.25) is 0 Å². The molecule has 22 heavy (non-hydrogen) atoms. The minimum absolute atomic E-state index is 0.530. The van der Waals surface area contributed by atoms with Crippen LogP contribution in [0.5, 0.6) is 0 Å². The molecule has 4 nitrogen and oxygen atoms in total. The summed E-state index contributed by atoms with van der Waals surface area (Å²) in [6.07, 6.45) is 4.57. The fourth-order valence-corrected chi connectivity index (χ4v) is 3.51. The Bertz CT molecular complexity index is 504. The largest absolute Gasteiger partial charge is 0.426 e. The van der Waals surface area contributed by atoms with Crippen LogP contribution >= 0.6 is 0 Å². The van der Waals surface area contributed by atoms with Crippen LogP contribution in [0.25, 0.3) is 0 Å². The van der Waals surface area contributed by atoms with Crippen molar-refractivity contribution in [3.8, 4) is 0 Å². The predicted octanol–water partition coefficient (Wildman–Crippen LogP) is 3.77. The summed E-state index contributed by atoms with van der Waals surface area (Å²) >= 11 is 0. The molecule has 4 heteroatoms. The van der Waals surface area contributed by atoms with Crippen LogP contribution in [-0.2, 0) is 6.42 Å². The number of hydrogen-bond donors (Lipinski definition) is 1. The van der Waals surface area contributed by atoms with E-state index < -0.39 is 0 Å². The van der Waals surface area contributed by atoms with E-state index in [1.807, 2.05) is 6.92 Å². The summed E-state index contributed by atoms with van der Waals surface area (Å²) in [6, 6.07) is 0.542. The molecule has 1 aliphatic rings. The maximum absolute atomic E-state index is 5.57. The van der Waals surface area contributed by atoms with Crippen LogP contribution in [0.1, 0.15) is 52.8 Å². The summed E-state index contributed by atoms with van der Waals surface area (Å²) in [6.45, 7) is 14.3. The van der Waals surface area contributed by atoms with Gasteiger partial charge in [-0.3, -0.25) is 0 Å². The molecule has 0 fully saturated rings. The first kappa shape index (κ1) is 17.2. The van der Waals surface area contributed by atoms with Gasteiger partial charge in [0.15, 0.2) is 0 Å². The van der Waals surface area contributed by atoms with Crippen LogP contribution in [0, 0.1) is 30.6 Å². The molecule has 3 unspecified atom stereocenters. The fraction of sp³-hybridized carbons (Fsp3) is 0.778. The van der Waals surface area contributed by atoms with Crippen molar-refractivity contribution in [2.75, 3.05) is 6.54 Å². The van der Waals surface area contributed by atoms with Crippen molar-refractivity contribution in [2.45, 2.75) is 60.4 Å². The fourth-order valence-electron chi connectivity index (χ4n) is 3.51. The van der Waals surface area contributed by atoms with Gasteiger partial charge in [-0.1, -0.05) is 39.3 Å². The Kier molecular flexibility index (Phi) is 5.79. The second-order valence-corrected chi connectivity index (χ2v) is 7.40. The van der Waals surface area contributed by atoms with Gasteiger partial charge in [0.2, 0.25) is 11.8 Å². The number of aryl methyl sites for hydroxylation is 1. The van der Waals surface area contributed by atoms with Crippen LogP contribution in [0.3, 0.4) is 0 Å². The van der Waals surface area contributed by atoms with E-state index in [4.69, 9.17) is 4.42 Å². The van der Waals surface area contributed by atoms with Gasteiger partial charge in [-0.05, 0) is 37.0 Å². The van der Waals surface area contributed by atoms with Crippen molar-refractivity contribution in [3.63, 3.8) is 0 Å². The molecule has 1 aromatic heterocycles. The molecule has 0 saturated heterocycles. The first-order valence-electron chi connectivity index (χ1n) is 8.57. The van der Waals surface area contributed by atoms with Crippen molar-refractivity contribution in [1.29, 1.82) is 0 Å². The lowest BCUT2D eigenvalue weighted by Crippen LogP contribution is -2.37. The second kappa shape index (κ2) is 7.40. The second-order valence-electron chi connectivity index (χ2n) is 7.40. The van der Waals surface area contributed by atoms with E-state index in [1.54, 1.807) is 0 Å². The summed E-state index contributed by atoms with van der Waals surface area (Å²) in [4.78, 5) is 0. The average Bonchev–Trinajstić information content (AvgIpc) is 2.84. The zero-order chi connectivity index (χ0) is 16.3. The monoisotopic (exact) mass is 305 g/mol. The molecule has 0 spiro atoms. The Balaban J connectivity index is 2.09. The Labute approximate surface area is 134 Å². The first-order chi connectivity index (χ1) is 10.4.